The normalized spacial score (nSPS) is 17.6. The van der Waals surface area contributed by atoms with Gasteiger partial charge in [0.05, 0.1) is 0 Å². The van der Waals surface area contributed by atoms with Crippen molar-refractivity contribution in [2.45, 2.75) is 167 Å². The van der Waals surface area contributed by atoms with E-state index < -0.39 is 167 Å². The van der Waals surface area contributed by atoms with Crippen molar-refractivity contribution >= 4 is 0 Å². The van der Waals surface area contributed by atoms with Crippen LogP contribution in [0.4, 0.5) is 250 Å². The summed E-state index contributed by atoms with van der Waals surface area (Å²) in [7, 11) is 0. The number of halogens is 57. The Kier molecular flexibility index (Phi) is 18.4. The lowest BCUT2D eigenvalue weighted by atomic mass is 9.81. The Morgan fingerprint density at radius 2 is 0.176 bits per heavy atom. The molecule has 0 aliphatic carbocycles. The molecule has 0 aliphatic rings. The van der Waals surface area contributed by atoms with E-state index in [0.717, 1.165) is 0 Å². The van der Waals surface area contributed by atoms with Crippen molar-refractivity contribution in [2.24, 2.45) is 0 Å². The molecule has 0 heterocycles. The second-order valence-electron chi connectivity index (χ2n) is 15.8. The highest BCUT2D eigenvalue weighted by molar-refractivity contribution is 5.25. The summed E-state index contributed by atoms with van der Waals surface area (Å²) in [6.07, 6.45) is -15.5. The van der Waals surface area contributed by atoms with Gasteiger partial charge in [-0.3, -0.25) is 0 Å². The number of hydrogen-bond donors (Lipinski definition) is 0. The Morgan fingerprint density at radius 1 is 0.106 bits per heavy atom. The summed E-state index contributed by atoms with van der Waals surface area (Å²) in [5, 5.41) is 0. The molecule has 57 heteroatoms. The van der Waals surface area contributed by atoms with Crippen molar-refractivity contribution in [1.82, 2.24) is 0 Å². The third kappa shape index (κ3) is 8.74. The van der Waals surface area contributed by atoms with E-state index in [4.69, 9.17) is 0 Å². The molecule has 0 nitrogen and oxygen atoms in total. The van der Waals surface area contributed by atoms with Crippen LogP contribution < -0.4 is 0 Å². The Morgan fingerprint density at radius 3 is 0.247 bits per heavy atom. The topological polar surface area (TPSA) is 0 Å². The Bertz CT molecular complexity index is 2390. The van der Waals surface area contributed by atoms with Crippen LogP contribution in [-0.4, -0.2) is 167 Å². The van der Waals surface area contributed by atoms with Crippen molar-refractivity contribution < 1.29 is 250 Å². The van der Waals surface area contributed by atoms with E-state index in [1.807, 2.05) is 0 Å². The average Bonchev–Trinajstić information content (AvgIpc) is 3.26. The first-order chi connectivity index (χ1) is 35.4. The van der Waals surface area contributed by atoms with Gasteiger partial charge in [-0.05, 0) is 0 Å². The molecule has 0 bridgehead atoms. The zero-order chi connectivity index (χ0) is 71.1. The first kappa shape index (κ1) is 81.0. The van der Waals surface area contributed by atoms with Gasteiger partial charge in [0.1, 0.15) is 0 Å². The fraction of sp³-hybridized carbons (Fsp3) is 1.00. The number of alkyl halides is 57. The van der Waals surface area contributed by atoms with E-state index in [0.29, 0.717) is 0 Å². The SMILES string of the molecule is FC(F)C(F)(F)C(F)(F)C(F)(F)C(F)(F)C(F)(F)C(F)(F)C(F)(F)C(F)(F)C(F)(F)C(F)(F)C(F)(F)C(F)(F)C(F)(F)C(F)(F)C(F)(F)C(F)(F)C(F)(F)C(F)(F)C(F)(F)C(F)(F)C(F)(F)C(F)(F)C(F)(F)C(F)(F)C(F)(F)C(F)(F)C(F)(F)F. The van der Waals surface area contributed by atoms with Gasteiger partial charge in [0.2, 0.25) is 0 Å². The second kappa shape index (κ2) is 19.3. The van der Waals surface area contributed by atoms with Gasteiger partial charge in [-0.1, -0.05) is 0 Å². The molecule has 0 atom stereocenters. The van der Waals surface area contributed by atoms with E-state index in [1.165, 1.54) is 0 Å². The third-order valence-corrected chi connectivity index (χ3v) is 10.5. The molecule has 0 rings (SSSR count). The highest BCUT2D eigenvalue weighted by Crippen LogP contribution is 2.73. The molecule has 0 spiro atoms. The molecule has 0 aromatic rings. The van der Waals surface area contributed by atoms with Crippen LogP contribution in [0.3, 0.4) is 0 Å². The molecule has 0 amide bonds. The summed E-state index contributed by atoms with van der Waals surface area (Å²) < 4.78 is 780. The van der Waals surface area contributed by atoms with E-state index in [9.17, 15) is 250 Å². The molecular formula is C28HF57. The fourth-order valence-corrected chi connectivity index (χ4v) is 5.06. The van der Waals surface area contributed by atoms with Gasteiger partial charge in [-0.25, -0.2) is 8.78 Å². The smallest absolute Gasteiger partial charge is 0.203 e. The van der Waals surface area contributed by atoms with Crippen LogP contribution >= 0.6 is 0 Å². The van der Waals surface area contributed by atoms with E-state index in [2.05, 4.69) is 0 Å². The molecule has 0 aliphatic heterocycles. The predicted molar refractivity (Wildman–Crippen MR) is 141 cm³/mol. The maximum absolute atomic E-state index is 14.2. The zero-order valence-corrected chi connectivity index (χ0v) is 35.6. The molecule has 0 aromatic heterocycles. The van der Waals surface area contributed by atoms with Gasteiger partial charge in [0.15, 0.2) is 0 Å². The monoisotopic (exact) mass is 1420 g/mol. The number of hydrogen-bond acceptors (Lipinski definition) is 0. The maximum Gasteiger partial charge on any atom is 0.460 e. The lowest BCUT2D eigenvalue weighted by Crippen LogP contribution is -2.81. The Balaban J connectivity index is 8.31. The third-order valence-electron chi connectivity index (χ3n) is 10.5. The first-order valence-corrected chi connectivity index (χ1v) is 17.6. The minimum Gasteiger partial charge on any atom is -0.203 e. The minimum absolute atomic E-state index is 6.77. The van der Waals surface area contributed by atoms with Crippen molar-refractivity contribution in [2.75, 3.05) is 0 Å². The standard InChI is InChI=1S/C28HF57/c29-1(30)2(31,32)3(33,34)4(35,36)5(37,38)6(39,40)7(41,42)8(43,44)9(45,46)10(47,48)11(49,50)12(51,52)13(53,54)14(55,56)15(57,58)16(59,60)17(61,62)18(63,64)19(65,66)20(67,68)21(69,70)22(71,72)23(73,74)24(75,76)25(77,78)26(79,80)27(81,82)28(83,84)85/h1H. The van der Waals surface area contributed by atoms with Crippen LogP contribution in [-0.2, 0) is 0 Å². The van der Waals surface area contributed by atoms with Crippen LogP contribution in [0, 0.1) is 0 Å². The quantitative estimate of drug-likeness (QED) is 0.0757. The second-order valence-corrected chi connectivity index (χ2v) is 15.8. The van der Waals surface area contributed by atoms with E-state index in [-0.39, 0.29) is 0 Å². The summed E-state index contributed by atoms with van der Waals surface area (Å²) in [6.45, 7) is 0. The molecule has 0 N–H and O–H groups in total. The lowest BCUT2D eigenvalue weighted by Gasteiger charge is -2.48. The van der Waals surface area contributed by atoms with Crippen molar-refractivity contribution in [3.63, 3.8) is 0 Å². The summed E-state index contributed by atoms with van der Waals surface area (Å²) >= 11 is 0. The van der Waals surface area contributed by atoms with Gasteiger partial charge in [0.25, 0.3) is 0 Å². The van der Waals surface area contributed by atoms with Crippen LogP contribution in [0.25, 0.3) is 0 Å². The lowest BCUT2D eigenvalue weighted by molar-refractivity contribution is -0.500. The van der Waals surface area contributed by atoms with E-state index >= 15 is 0 Å². The van der Waals surface area contributed by atoms with Crippen LogP contribution in [0.2, 0.25) is 0 Å². The largest absolute Gasteiger partial charge is 0.460 e. The zero-order valence-electron chi connectivity index (χ0n) is 35.6. The van der Waals surface area contributed by atoms with Gasteiger partial charge >= 0.3 is 167 Å². The van der Waals surface area contributed by atoms with Crippen molar-refractivity contribution in [3.8, 4) is 0 Å². The van der Waals surface area contributed by atoms with Gasteiger partial charge in [0, 0.05) is 0 Å². The van der Waals surface area contributed by atoms with E-state index in [1.54, 1.807) is 0 Å². The maximum atomic E-state index is 14.2. The Hall–Kier alpha value is -3.99. The van der Waals surface area contributed by atoms with Gasteiger partial charge < -0.3 is 0 Å². The van der Waals surface area contributed by atoms with Crippen molar-refractivity contribution in [3.05, 3.63) is 0 Å². The number of rotatable bonds is 26. The summed E-state index contributed by atoms with van der Waals surface area (Å²) in [6, 6.07) is 0. The predicted octanol–water partition coefficient (Wildman–Crippen LogP) is 18.3. The summed E-state index contributed by atoms with van der Waals surface area (Å²) in [5.41, 5.74) is 0. The molecule has 0 aromatic carbocycles. The minimum atomic E-state index is -11.1. The molecule has 0 radical (unpaired) electrons. The summed E-state index contributed by atoms with van der Waals surface area (Å²) in [4.78, 5) is 0. The highest BCUT2D eigenvalue weighted by Gasteiger charge is 3.05. The molecule has 0 saturated heterocycles. The van der Waals surface area contributed by atoms with Crippen LogP contribution in [0.15, 0.2) is 0 Å². The fourth-order valence-electron chi connectivity index (χ4n) is 5.06. The molecular weight excluding hydrogens is 1420 g/mol. The molecule has 85 heavy (non-hydrogen) atoms. The van der Waals surface area contributed by atoms with Crippen LogP contribution in [0.1, 0.15) is 0 Å². The van der Waals surface area contributed by atoms with Crippen LogP contribution in [0.5, 0.6) is 0 Å². The molecule has 0 saturated carbocycles. The van der Waals surface area contributed by atoms with Gasteiger partial charge in [-0.15, -0.1) is 0 Å². The first-order valence-electron chi connectivity index (χ1n) is 17.6. The average molecular weight is 1420 g/mol. The molecule has 0 unspecified atom stereocenters. The Labute approximate surface area is 418 Å². The summed E-state index contributed by atoms with van der Waals surface area (Å²) in [5.74, 6) is -274. The van der Waals surface area contributed by atoms with Crippen molar-refractivity contribution in [1.29, 1.82) is 0 Å². The molecule has 0 fully saturated rings. The highest BCUT2D eigenvalue weighted by atomic mass is 19.5. The van der Waals surface area contributed by atoms with Gasteiger partial charge in [-0.2, -0.15) is 241 Å². The molecule has 512 valence electrons.